The van der Waals surface area contributed by atoms with Gasteiger partial charge in [0.15, 0.2) is 0 Å². The second-order valence-electron chi connectivity index (χ2n) is 6.05. The highest BCUT2D eigenvalue weighted by atomic mass is 28.3. The van der Waals surface area contributed by atoms with Gasteiger partial charge in [-0.2, -0.15) is 5.26 Å². The lowest BCUT2D eigenvalue weighted by Crippen LogP contribution is -2.24. The molecule has 17 heavy (non-hydrogen) atoms. The molecule has 0 unspecified atom stereocenters. The molecule has 2 heteroatoms. The summed E-state index contributed by atoms with van der Waals surface area (Å²) in [6.07, 6.45) is 12.1. The summed E-state index contributed by atoms with van der Waals surface area (Å²) in [5.74, 6) is 0. The molecule has 0 heterocycles. The molecular formula is C15H31NSi. The number of hydrogen-bond donors (Lipinski definition) is 0. The lowest BCUT2D eigenvalue weighted by atomic mass is 10.1. The van der Waals surface area contributed by atoms with Crippen LogP contribution in [0.3, 0.4) is 0 Å². The lowest BCUT2D eigenvalue weighted by molar-refractivity contribution is 0.584. The Morgan fingerprint density at radius 1 is 0.824 bits per heavy atom. The van der Waals surface area contributed by atoms with Crippen molar-refractivity contribution in [2.24, 2.45) is 0 Å². The van der Waals surface area contributed by atoms with Crippen molar-refractivity contribution in [1.82, 2.24) is 0 Å². The van der Waals surface area contributed by atoms with E-state index in [0.29, 0.717) is 0 Å². The van der Waals surface area contributed by atoms with E-state index in [1.807, 2.05) is 0 Å². The van der Waals surface area contributed by atoms with Gasteiger partial charge in [0.2, 0.25) is 0 Å². The first-order chi connectivity index (χ1) is 8.12. The molecule has 0 spiro atoms. The number of nitriles is 1. The molecule has 0 saturated carbocycles. The lowest BCUT2D eigenvalue weighted by Gasteiger charge is -2.20. The highest BCUT2D eigenvalue weighted by Crippen LogP contribution is 2.21. The Labute approximate surface area is 110 Å². The maximum absolute atomic E-state index is 8.61. The molecule has 0 radical (unpaired) electrons. The van der Waals surface area contributed by atoms with Gasteiger partial charge in [0.1, 0.15) is 0 Å². The van der Waals surface area contributed by atoms with Crippen LogP contribution in [0.1, 0.15) is 64.7 Å². The van der Waals surface area contributed by atoms with Crippen LogP contribution < -0.4 is 0 Å². The topological polar surface area (TPSA) is 23.8 Å². The van der Waals surface area contributed by atoms with E-state index in [4.69, 9.17) is 5.26 Å². The van der Waals surface area contributed by atoms with Crippen LogP contribution in [0, 0.1) is 11.3 Å². The second kappa shape index (κ2) is 10.8. The van der Waals surface area contributed by atoms with Crippen molar-refractivity contribution in [3.8, 4) is 6.07 Å². The predicted octanol–water partition coefficient (Wildman–Crippen LogP) is 5.75. The summed E-state index contributed by atoms with van der Waals surface area (Å²) in [5, 5.41) is 8.61. The van der Waals surface area contributed by atoms with Gasteiger partial charge in [0.05, 0.1) is 6.07 Å². The quantitative estimate of drug-likeness (QED) is 0.340. The number of unbranched alkanes of at least 4 members (excludes halogenated alkanes) is 7. The molecule has 0 atom stereocenters. The van der Waals surface area contributed by atoms with Crippen molar-refractivity contribution in [2.45, 2.75) is 89.9 Å². The number of nitrogens with zero attached hydrogens (tertiary/aromatic N) is 1. The van der Waals surface area contributed by atoms with Crippen LogP contribution in [0.25, 0.3) is 0 Å². The first-order valence-corrected chi connectivity index (χ1v) is 10.9. The van der Waals surface area contributed by atoms with Gasteiger partial charge in [0, 0.05) is 14.5 Å². The van der Waals surface area contributed by atoms with Gasteiger partial charge in [0.25, 0.3) is 0 Å². The Balaban J connectivity index is 3.29. The van der Waals surface area contributed by atoms with E-state index in [1.54, 1.807) is 0 Å². The Morgan fingerprint density at radius 3 is 1.88 bits per heavy atom. The molecule has 0 aliphatic rings. The Kier molecular flexibility index (Phi) is 10.6. The summed E-state index contributed by atoms with van der Waals surface area (Å²) in [6, 6.07) is 4.90. The summed E-state index contributed by atoms with van der Waals surface area (Å²) in [6.45, 7) is 7.14. The fourth-order valence-electron chi connectivity index (χ4n) is 2.26. The average Bonchev–Trinajstić information content (AvgIpc) is 2.30. The second-order valence-corrected chi connectivity index (χ2v) is 11.4. The van der Waals surface area contributed by atoms with Crippen LogP contribution in [0.2, 0.25) is 25.2 Å². The van der Waals surface area contributed by atoms with Gasteiger partial charge >= 0.3 is 0 Å². The van der Waals surface area contributed by atoms with E-state index in [1.165, 1.54) is 63.5 Å². The third kappa shape index (κ3) is 12.0. The number of hydrogen-bond acceptors (Lipinski definition) is 1. The smallest absolute Gasteiger partial charge is 0.0618 e. The highest BCUT2D eigenvalue weighted by Gasteiger charge is 2.18. The maximum Gasteiger partial charge on any atom is 0.0618 e. The van der Waals surface area contributed by atoms with Gasteiger partial charge in [-0.25, -0.2) is 0 Å². The zero-order chi connectivity index (χ0) is 13.0. The third-order valence-electron chi connectivity index (χ3n) is 3.62. The van der Waals surface area contributed by atoms with E-state index in [9.17, 15) is 0 Å². The molecule has 0 amide bonds. The van der Waals surface area contributed by atoms with Crippen molar-refractivity contribution in [1.29, 1.82) is 5.26 Å². The fourth-order valence-corrected chi connectivity index (χ4v) is 4.50. The molecule has 0 saturated heterocycles. The standard InChI is InChI=1S/C15H31NSi/c1-4-5-6-7-8-9-10-11-14-17(2,3)15-12-13-16/h4-12,14-15H2,1-3H3. The molecule has 0 aliphatic heterocycles. The van der Waals surface area contributed by atoms with Gasteiger partial charge in [-0.15, -0.1) is 0 Å². The zero-order valence-corrected chi connectivity index (χ0v) is 13.2. The monoisotopic (exact) mass is 253 g/mol. The summed E-state index contributed by atoms with van der Waals surface area (Å²) in [4.78, 5) is 0. The predicted molar refractivity (Wildman–Crippen MR) is 79.9 cm³/mol. The SMILES string of the molecule is CCCCCCCCCC[Si](C)(C)CCC#N. The average molecular weight is 254 g/mol. The normalized spacial score (nSPS) is 11.4. The van der Waals surface area contributed by atoms with Crippen LogP contribution in [0.4, 0.5) is 0 Å². The molecule has 0 N–H and O–H groups in total. The van der Waals surface area contributed by atoms with E-state index in [0.717, 1.165) is 6.42 Å². The molecule has 1 nitrogen and oxygen atoms in total. The minimum Gasteiger partial charge on any atom is -0.198 e. The summed E-state index contributed by atoms with van der Waals surface area (Å²) < 4.78 is 0. The fraction of sp³-hybridized carbons (Fsp3) is 0.933. The third-order valence-corrected chi connectivity index (χ3v) is 6.93. The Morgan fingerprint density at radius 2 is 1.35 bits per heavy atom. The van der Waals surface area contributed by atoms with Gasteiger partial charge in [-0.3, -0.25) is 0 Å². The minimum atomic E-state index is -1.03. The van der Waals surface area contributed by atoms with E-state index in [2.05, 4.69) is 26.1 Å². The Bertz CT molecular complexity index is 205. The number of rotatable bonds is 11. The minimum absolute atomic E-state index is 0.774. The highest BCUT2D eigenvalue weighted by molar-refractivity contribution is 6.77. The van der Waals surface area contributed by atoms with Crippen LogP contribution in [0.5, 0.6) is 0 Å². The van der Waals surface area contributed by atoms with Crippen molar-refractivity contribution in [2.75, 3.05) is 0 Å². The first kappa shape index (κ1) is 16.7. The van der Waals surface area contributed by atoms with Crippen molar-refractivity contribution >= 4 is 8.07 Å². The van der Waals surface area contributed by atoms with Gasteiger partial charge < -0.3 is 0 Å². The van der Waals surface area contributed by atoms with Crippen LogP contribution in [-0.4, -0.2) is 8.07 Å². The van der Waals surface area contributed by atoms with Crippen LogP contribution >= 0.6 is 0 Å². The van der Waals surface area contributed by atoms with E-state index in [-0.39, 0.29) is 0 Å². The summed E-state index contributed by atoms with van der Waals surface area (Å²) >= 11 is 0. The van der Waals surface area contributed by atoms with Crippen molar-refractivity contribution in [3.63, 3.8) is 0 Å². The first-order valence-electron chi connectivity index (χ1n) is 7.49. The van der Waals surface area contributed by atoms with Crippen LogP contribution in [-0.2, 0) is 0 Å². The van der Waals surface area contributed by atoms with Crippen molar-refractivity contribution < 1.29 is 0 Å². The zero-order valence-electron chi connectivity index (χ0n) is 12.2. The molecule has 0 aromatic carbocycles. The maximum atomic E-state index is 8.61. The molecule has 0 fully saturated rings. The molecule has 0 aliphatic carbocycles. The Hall–Kier alpha value is -0.293. The van der Waals surface area contributed by atoms with Crippen LogP contribution in [0.15, 0.2) is 0 Å². The summed E-state index contributed by atoms with van der Waals surface area (Å²) in [7, 11) is -1.03. The largest absolute Gasteiger partial charge is 0.198 e. The van der Waals surface area contributed by atoms with Gasteiger partial charge in [-0.05, 0) is 6.04 Å². The molecule has 0 aromatic rings. The van der Waals surface area contributed by atoms with E-state index >= 15 is 0 Å². The van der Waals surface area contributed by atoms with Gasteiger partial charge in [-0.1, -0.05) is 77.4 Å². The summed E-state index contributed by atoms with van der Waals surface area (Å²) in [5.41, 5.74) is 0. The van der Waals surface area contributed by atoms with E-state index < -0.39 is 8.07 Å². The molecule has 0 rings (SSSR count). The molecule has 0 bridgehead atoms. The molecule has 0 aromatic heterocycles. The molecule has 100 valence electrons. The van der Waals surface area contributed by atoms with Crippen molar-refractivity contribution in [3.05, 3.63) is 0 Å². The molecular weight excluding hydrogens is 222 g/mol.